The number of methoxy groups -OCH3 is 1. The number of aromatic nitrogens is 2. The number of ether oxygens (including phenoxy) is 1. The van der Waals surface area contributed by atoms with E-state index in [1.807, 2.05) is 46.2 Å². The van der Waals surface area contributed by atoms with Crippen LogP contribution in [-0.2, 0) is 6.54 Å². The Hall–Kier alpha value is -3.39. The summed E-state index contributed by atoms with van der Waals surface area (Å²) in [4.78, 5) is 24.1. The fourth-order valence-corrected chi connectivity index (χ4v) is 4.66. The van der Waals surface area contributed by atoms with Crippen LogP contribution in [0.15, 0.2) is 53.1 Å². The van der Waals surface area contributed by atoms with Gasteiger partial charge < -0.3 is 19.1 Å². The van der Waals surface area contributed by atoms with Gasteiger partial charge in [-0.05, 0) is 67.9 Å². The van der Waals surface area contributed by atoms with Gasteiger partial charge >= 0.3 is 6.01 Å². The van der Waals surface area contributed by atoms with E-state index in [0.29, 0.717) is 38.0 Å². The van der Waals surface area contributed by atoms with Crippen molar-refractivity contribution in [1.82, 2.24) is 19.9 Å². The van der Waals surface area contributed by atoms with E-state index in [0.717, 1.165) is 36.5 Å². The van der Waals surface area contributed by atoms with Crippen LogP contribution in [0.25, 0.3) is 11.4 Å². The molecule has 0 unspecified atom stereocenters. The van der Waals surface area contributed by atoms with Crippen molar-refractivity contribution in [3.63, 3.8) is 0 Å². The topological polar surface area (TPSA) is 74.9 Å². The largest absolute Gasteiger partial charge is 0.497 e. The lowest BCUT2D eigenvalue weighted by atomic mass is 10.1. The van der Waals surface area contributed by atoms with Crippen LogP contribution >= 0.6 is 0 Å². The zero-order valence-electron chi connectivity index (χ0n) is 19.7. The first kappa shape index (κ1) is 22.4. The lowest BCUT2D eigenvalue weighted by Crippen LogP contribution is -2.49. The van der Waals surface area contributed by atoms with Crippen molar-refractivity contribution in [2.24, 2.45) is 0 Å². The number of amides is 1. The Morgan fingerprint density at radius 1 is 0.971 bits per heavy atom. The molecule has 2 aromatic carbocycles. The number of hydrogen-bond donors (Lipinski definition) is 0. The van der Waals surface area contributed by atoms with Crippen molar-refractivity contribution in [2.75, 3.05) is 51.3 Å². The van der Waals surface area contributed by atoms with Gasteiger partial charge in [-0.2, -0.15) is 4.98 Å². The van der Waals surface area contributed by atoms with Gasteiger partial charge in [0, 0.05) is 43.9 Å². The zero-order valence-corrected chi connectivity index (χ0v) is 19.7. The second-order valence-corrected chi connectivity index (χ2v) is 8.95. The molecule has 0 bridgehead atoms. The Morgan fingerprint density at radius 3 is 2.47 bits per heavy atom. The molecule has 8 nitrogen and oxygen atoms in total. The Morgan fingerprint density at radius 2 is 1.74 bits per heavy atom. The Kier molecular flexibility index (Phi) is 6.76. The number of carbonyl (C=O) groups excluding carboxylic acids is 1. The van der Waals surface area contributed by atoms with E-state index < -0.39 is 0 Å². The quantitative estimate of drug-likeness (QED) is 0.554. The normalized spacial score (nSPS) is 17.1. The van der Waals surface area contributed by atoms with Gasteiger partial charge in [-0.15, -0.1) is 0 Å². The number of anilines is 1. The van der Waals surface area contributed by atoms with Crippen molar-refractivity contribution in [1.29, 1.82) is 0 Å². The molecule has 2 aliphatic heterocycles. The van der Waals surface area contributed by atoms with Gasteiger partial charge in [0.25, 0.3) is 5.91 Å². The van der Waals surface area contributed by atoms with Crippen molar-refractivity contribution in [3.8, 4) is 17.1 Å². The van der Waals surface area contributed by atoms with E-state index in [9.17, 15) is 4.79 Å². The van der Waals surface area contributed by atoms with Gasteiger partial charge in [0.1, 0.15) is 5.75 Å². The molecule has 3 aromatic rings. The van der Waals surface area contributed by atoms with Gasteiger partial charge in [0.2, 0.25) is 5.82 Å². The summed E-state index contributed by atoms with van der Waals surface area (Å²) < 4.78 is 10.7. The highest BCUT2D eigenvalue weighted by Gasteiger charge is 2.25. The molecule has 0 N–H and O–H groups in total. The van der Waals surface area contributed by atoms with Gasteiger partial charge in [-0.1, -0.05) is 23.7 Å². The highest BCUT2D eigenvalue weighted by Crippen LogP contribution is 2.23. The molecule has 34 heavy (non-hydrogen) atoms. The molecule has 1 aromatic heterocycles. The lowest BCUT2D eigenvalue weighted by Gasteiger charge is -2.33. The third-order valence-electron chi connectivity index (χ3n) is 6.63. The SMILES string of the molecule is COc1ccc(-c2noc(N3CCN(C(=O)c4cccc(CN5CCCCC5)c4)CC3)n2)cc1. The summed E-state index contributed by atoms with van der Waals surface area (Å²) >= 11 is 0. The molecule has 0 spiro atoms. The monoisotopic (exact) mass is 461 g/mol. The Balaban J connectivity index is 1.18. The van der Waals surface area contributed by atoms with Crippen molar-refractivity contribution in [2.45, 2.75) is 25.8 Å². The minimum absolute atomic E-state index is 0.0876. The molecule has 0 radical (unpaired) electrons. The third kappa shape index (κ3) is 5.07. The van der Waals surface area contributed by atoms with Crippen LogP contribution < -0.4 is 9.64 Å². The molecule has 0 aliphatic carbocycles. The number of hydrogen-bond acceptors (Lipinski definition) is 7. The predicted octanol–water partition coefficient (Wildman–Crippen LogP) is 3.69. The van der Waals surface area contributed by atoms with E-state index in [4.69, 9.17) is 9.26 Å². The standard InChI is InChI=1S/C26H31N5O3/c1-33-23-10-8-21(9-11-23)24-27-26(34-28-24)31-16-14-30(15-17-31)25(32)22-7-5-6-20(18-22)19-29-12-3-2-4-13-29/h5-11,18H,2-4,12-17,19H2,1H3. The minimum Gasteiger partial charge on any atom is -0.497 e. The van der Waals surface area contributed by atoms with E-state index in [1.54, 1.807) is 7.11 Å². The first-order chi connectivity index (χ1) is 16.7. The van der Waals surface area contributed by atoms with Crippen LogP contribution in [0.1, 0.15) is 35.2 Å². The second kappa shape index (κ2) is 10.3. The smallest absolute Gasteiger partial charge is 0.324 e. The van der Waals surface area contributed by atoms with Crippen LogP contribution in [0.3, 0.4) is 0 Å². The van der Waals surface area contributed by atoms with Crippen molar-refractivity contribution in [3.05, 3.63) is 59.7 Å². The number of nitrogens with zero attached hydrogens (tertiary/aromatic N) is 5. The number of benzene rings is 2. The average molecular weight is 462 g/mol. The van der Waals surface area contributed by atoms with Gasteiger partial charge in [0.15, 0.2) is 0 Å². The number of carbonyl (C=O) groups is 1. The highest BCUT2D eigenvalue weighted by atomic mass is 16.5. The van der Waals surface area contributed by atoms with Crippen LogP contribution in [0.2, 0.25) is 0 Å². The Bertz CT molecular complexity index is 1100. The fraction of sp³-hybridized carbons (Fsp3) is 0.423. The molecule has 0 saturated carbocycles. The van der Waals surface area contributed by atoms with Crippen LogP contribution in [0.4, 0.5) is 6.01 Å². The summed E-state index contributed by atoms with van der Waals surface area (Å²) in [5.41, 5.74) is 2.85. The molecule has 5 rings (SSSR count). The number of piperidine rings is 1. The summed E-state index contributed by atoms with van der Waals surface area (Å²) in [6.07, 6.45) is 3.86. The summed E-state index contributed by atoms with van der Waals surface area (Å²) in [6.45, 7) is 5.77. The van der Waals surface area contributed by atoms with Crippen LogP contribution in [0, 0.1) is 0 Å². The maximum atomic E-state index is 13.2. The molecule has 178 valence electrons. The maximum absolute atomic E-state index is 13.2. The summed E-state index contributed by atoms with van der Waals surface area (Å²) in [7, 11) is 1.64. The first-order valence-electron chi connectivity index (χ1n) is 12.0. The third-order valence-corrected chi connectivity index (χ3v) is 6.63. The molecular formula is C26H31N5O3. The number of rotatable bonds is 6. The maximum Gasteiger partial charge on any atom is 0.324 e. The second-order valence-electron chi connectivity index (χ2n) is 8.95. The molecular weight excluding hydrogens is 430 g/mol. The fourth-order valence-electron chi connectivity index (χ4n) is 4.66. The van der Waals surface area contributed by atoms with Crippen molar-refractivity contribution < 1.29 is 14.1 Å². The number of likely N-dealkylation sites (tertiary alicyclic amines) is 1. The van der Waals surface area contributed by atoms with Gasteiger partial charge in [0.05, 0.1) is 7.11 Å². The molecule has 8 heteroatoms. The van der Waals surface area contributed by atoms with E-state index in [1.165, 1.54) is 24.8 Å². The minimum atomic E-state index is 0.0876. The Labute approximate surface area is 200 Å². The van der Waals surface area contributed by atoms with Gasteiger partial charge in [-0.25, -0.2) is 0 Å². The summed E-state index contributed by atoms with van der Waals surface area (Å²) in [6, 6.07) is 16.2. The van der Waals surface area contributed by atoms with Gasteiger partial charge in [-0.3, -0.25) is 9.69 Å². The lowest BCUT2D eigenvalue weighted by molar-refractivity contribution is 0.0744. The molecule has 2 aliphatic rings. The van der Waals surface area contributed by atoms with Crippen molar-refractivity contribution >= 4 is 11.9 Å². The van der Waals surface area contributed by atoms with E-state index >= 15 is 0 Å². The molecule has 0 atom stereocenters. The summed E-state index contributed by atoms with van der Waals surface area (Å²) in [5, 5.41) is 4.12. The highest BCUT2D eigenvalue weighted by molar-refractivity contribution is 5.94. The van der Waals surface area contributed by atoms with E-state index in [2.05, 4.69) is 27.2 Å². The molecule has 2 fully saturated rings. The number of piperazine rings is 1. The molecule has 3 heterocycles. The predicted molar refractivity (Wildman–Crippen MR) is 130 cm³/mol. The zero-order chi connectivity index (χ0) is 23.3. The summed E-state index contributed by atoms with van der Waals surface area (Å²) in [5.74, 6) is 1.41. The molecule has 1 amide bonds. The van der Waals surface area contributed by atoms with Crippen LogP contribution in [-0.4, -0.2) is 72.2 Å². The average Bonchev–Trinajstić information content (AvgIpc) is 3.40. The van der Waals surface area contributed by atoms with Crippen LogP contribution in [0.5, 0.6) is 5.75 Å². The van der Waals surface area contributed by atoms with E-state index in [-0.39, 0.29) is 5.91 Å². The first-order valence-corrected chi connectivity index (χ1v) is 12.0. The molecule has 2 saturated heterocycles.